The first kappa shape index (κ1) is 6.43. The molecular formula is C5H7N2OP. The highest BCUT2D eigenvalue weighted by Gasteiger charge is 2.10. The molecule has 1 atom stereocenters. The van der Waals surface area contributed by atoms with Crippen LogP contribution in [0.1, 0.15) is 6.42 Å². The van der Waals surface area contributed by atoms with Gasteiger partial charge in [0.2, 0.25) is 5.91 Å². The van der Waals surface area contributed by atoms with Gasteiger partial charge in [-0.15, -0.1) is 0 Å². The number of rotatable bonds is 1. The standard InChI is InChI=1S/C5H7N2OP/c6-5(8)3-1-4(9)7-2-3/h2H,1,9H2,(H2,6,8). The average Bonchev–Trinajstić information content (AvgIpc) is 2.14. The van der Waals surface area contributed by atoms with Crippen molar-refractivity contribution in [2.75, 3.05) is 0 Å². The van der Waals surface area contributed by atoms with Crippen LogP contribution in [0.5, 0.6) is 0 Å². The first-order valence-electron chi connectivity index (χ1n) is 2.51. The summed E-state index contributed by atoms with van der Waals surface area (Å²) < 4.78 is 0. The molecule has 1 amide bonds. The van der Waals surface area contributed by atoms with Gasteiger partial charge in [-0.25, -0.2) is 0 Å². The van der Waals surface area contributed by atoms with Crippen molar-refractivity contribution in [1.82, 2.24) is 0 Å². The maximum Gasteiger partial charge on any atom is 0.246 e. The molecule has 3 nitrogen and oxygen atoms in total. The first-order chi connectivity index (χ1) is 4.20. The Hall–Kier alpha value is -0.690. The molecule has 0 saturated carbocycles. The predicted molar refractivity (Wildman–Crippen MR) is 39.0 cm³/mol. The Labute approximate surface area is 55.2 Å². The van der Waals surface area contributed by atoms with Crippen LogP contribution in [0.3, 0.4) is 0 Å². The van der Waals surface area contributed by atoms with Crippen LogP contribution in [-0.4, -0.2) is 11.4 Å². The quantitative estimate of drug-likeness (QED) is 0.516. The highest BCUT2D eigenvalue weighted by Crippen LogP contribution is 2.14. The summed E-state index contributed by atoms with van der Waals surface area (Å²) in [6.45, 7) is 0. The van der Waals surface area contributed by atoms with Crippen molar-refractivity contribution < 1.29 is 4.79 Å². The van der Waals surface area contributed by atoms with E-state index in [9.17, 15) is 4.79 Å². The molecule has 0 aromatic carbocycles. The van der Waals surface area contributed by atoms with E-state index < -0.39 is 0 Å². The molecule has 1 heterocycles. The molecule has 0 aromatic heterocycles. The largest absolute Gasteiger partial charge is 0.366 e. The zero-order valence-electron chi connectivity index (χ0n) is 4.79. The molecule has 0 fully saturated rings. The lowest BCUT2D eigenvalue weighted by molar-refractivity contribution is -0.114. The van der Waals surface area contributed by atoms with Crippen LogP contribution in [0, 0.1) is 0 Å². The van der Waals surface area contributed by atoms with Crippen molar-refractivity contribution in [3.05, 3.63) is 11.8 Å². The van der Waals surface area contributed by atoms with Crippen LogP contribution in [0.25, 0.3) is 0 Å². The second-order valence-corrected chi connectivity index (χ2v) is 2.48. The summed E-state index contributed by atoms with van der Waals surface area (Å²) in [5.41, 5.74) is 6.42. The number of nitrogens with two attached hydrogens (primary N) is 1. The number of primary amides is 1. The number of amides is 1. The van der Waals surface area contributed by atoms with Gasteiger partial charge in [0, 0.05) is 23.6 Å². The van der Waals surface area contributed by atoms with Crippen molar-refractivity contribution in [3.8, 4) is 0 Å². The summed E-state index contributed by atoms with van der Waals surface area (Å²) in [5.74, 6) is -0.379. The number of carbonyl (C=O) groups is 1. The molecule has 0 spiro atoms. The van der Waals surface area contributed by atoms with E-state index in [2.05, 4.69) is 14.2 Å². The monoisotopic (exact) mass is 142 g/mol. The number of hydrogen-bond acceptors (Lipinski definition) is 2. The van der Waals surface area contributed by atoms with Gasteiger partial charge < -0.3 is 5.73 Å². The number of hydrogen-bond donors (Lipinski definition) is 1. The third kappa shape index (κ3) is 1.36. The zero-order chi connectivity index (χ0) is 6.85. The highest BCUT2D eigenvalue weighted by molar-refractivity contribution is 7.40. The molecule has 0 bridgehead atoms. The van der Waals surface area contributed by atoms with Gasteiger partial charge in [0.1, 0.15) is 0 Å². The van der Waals surface area contributed by atoms with E-state index in [4.69, 9.17) is 5.73 Å². The van der Waals surface area contributed by atoms with Gasteiger partial charge in [0.15, 0.2) is 0 Å². The molecule has 1 rings (SSSR count). The predicted octanol–water partition coefficient (Wildman–Crippen LogP) is 0.0329. The minimum atomic E-state index is -0.379. The van der Waals surface area contributed by atoms with Crippen LogP contribution in [0.2, 0.25) is 0 Å². The molecule has 4 heteroatoms. The Balaban J connectivity index is 2.64. The van der Waals surface area contributed by atoms with E-state index >= 15 is 0 Å². The van der Waals surface area contributed by atoms with E-state index in [1.165, 1.54) is 6.20 Å². The lowest BCUT2D eigenvalue weighted by Crippen LogP contribution is -2.13. The van der Waals surface area contributed by atoms with Crippen molar-refractivity contribution in [1.29, 1.82) is 0 Å². The summed E-state index contributed by atoms with van der Waals surface area (Å²) >= 11 is 0. The fraction of sp³-hybridized carbons (Fsp3) is 0.200. The van der Waals surface area contributed by atoms with E-state index in [1.807, 2.05) is 0 Å². The number of nitrogens with zero attached hydrogens (tertiary/aromatic N) is 1. The SMILES string of the molecule is NC(=O)C1=CN=C(P)C1. The Bertz CT molecular complexity index is 207. The summed E-state index contributed by atoms with van der Waals surface area (Å²) in [6.07, 6.45) is 2.09. The molecule has 0 radical (unpaired) electrons. The third-order valence-electron chi connectivity index (χ3n) is 1.07. The summed E-state index contributed by atoms with van der Waals surface area (Å²) in [4.78, 5) is 14.3. The molecule has 0 saturated heterocycles. The number of aliphatic imine (C=N–C) groups is 1. The molecule has 9 heavy (non-hydrogen) atoms. The molecule has 0 aliphatic carbocycles. The van der Waals surface area contributed by atoms with Gasteiger partial charge in [-0.05, 0) is 0 Å². The summed E-state index contributed by atoms with van der Waals surface area (Å²) in [7, 11) is 2.43. The lowest BCUT2D eigenvalue weighted by Gasteiger charge is -1.90. The van der Waals surface area contributed by atoms with Crippen molar-refractivity contribution in [2.24, 2.45) is 10.7 Å². The normalized spacial score (nSPS) is 17.0. The molecule has 2 N–H and O–H groups in total. The minimum Gasteiger partial charge on any atom is -0.366 e. The van der Waals surface area contributed by atoms with E-state index in [1.54, 1.807) is 0 Å². The topological polar surface area (TPSA) is 55.5 Å². The maximum atomic E-state index is 10.4. The van der Waals surface area contributed by atoms with Crippen LogP contribution in [0.4, 0.5) is 0 Å². The fourth-order valence-corrected chi connectivity index (χ4v) is 0.892. The van der Waals surface area contributed by atoms with Crippen LogP contribution in [-0.2, 0) is 4.79 Å². The molecule has 48 valence electrons. The van der Waals surface area contributed by atoms with Gasteiger partial charge in [0.25, 0.3) is 0 Å². The van der Waals surface area contributed by atoms with Crippen molar-refractivity contribution >= 4 is 20.6 Å². The second-order valence-electron chi connectivity index (χ2n) is 1.82. The maximum absolute atomic E-state index is 10.4. The Morgan fingerprint density at radius 1 is 1.89 bits per heavy atom. The third-order valence-corrected chi connectivity index (χ3v) is 1.43. The summed E-state index contributed by atoms with van der Waals surface area (Å²) in [6, 6.07) is 0. The molecule has 1 aliphatic heterocycles. The smallest absolute Gasteiger partial charge is 0.246 e. The molecule has 0 aromatic rings. The van der Waals surface area contributed by atoms with Crippen molar-refractivity contribution in [2.45, 2.75) is 6.42 Å². The van der Waals surface area contributed by atoms with E-state index in [-0.39, 0.29) is 5.91 Å². The van der Waals surface area contributed by atoms with Crippen LogP contribution in [0.15, 0.2) is 16.8 Å². The Morgan fingerprint density at radius 2 is 2.56 bits per heavy atom. The van der Waals surface area contributed by atoms with Gasteiger partial charge in [-0.3, -0.25) is 9.79 Å². The Kier molecular flexibility index (Phi) is 1.63. The van der Waals surface area contributed by atoms with Gasteiger partial charge in [-0.1, -0.05) is 9.24 Å². The zero-order valence-corrected chi connectivity index (χ0v) is 5.95. The van der Waals surface area contributed by atoms with E-state index in [0.29, 0.717) is 12.0 Å². The molecule has 1 unspecified atom stereocenters. The Morgan fingerprint density at radius 3 is 2.78 bits per heavy atom. The van der Waals surface area contributed by atoms with Gasteiger partial charge in [-0.2, -0.15) is 0 Å². The van der Waals surface area contributed by atoms with Crippen LogP contribution >= 0.6 is 9.24 Å². The summed E-state index contributed by atoms with van der Waals surface area (Å²) in [5, 5.41) is 0. The molecule has 1 aliphatic rings. The highest BCUT2D eigenvalue weighted by atomic mass is 31.0. The fourth-order valence-electron chi connectivity index (χ4n) is 0.598. The van der Waals surface area contributed by atoms with Gasteiger partial charge in [0.05, 0.1) is 0 Å². The lowest BCUT2D eigenvalue weighted by atomic mass is 10.2. The van der Waals surface area contributed by atoms with Crippen LogP contribution < -0.4 is 5.73 Å². The van der Waals surface area contributed by atoms with Crippen molar-refractivity contribution in [3.63, 3.8) is 0 Å². The second kappa shape index (κ2) is 2.28. The van der Waals surface area contributed by atoms with Gasteiger partial charge >= 0.3 is 0 Å². The van der Waals surface area contributed by atoms with E-state index in [0.717, 1.165) is 5.45 Å². The first-order valence-corrected chi connectivity index (χ1v) is 3.09. The number of carbonyl (C=O) groups excluding carboxylic acids is 1. The average molecular weight is 142 g/mol. The molecular weight excluding hydrogens is 135 g/mol. The minimum absolute atomic E-state index is 0.379.